The molecule has 0 bridgehead atoms. The van der Waals surface area contributed by atoms with Gasteiger partial charge in [-0.05, 0) is 31.0 Å². The predicted octanol–water partition coefficient (Wildman–Crippen LogP) is 1.54. The van der Waals surface area contributed by atoms with E-state index in [4.69, 9.17) is 4.74 Å². The van der Waals surface area contributed by atoms with E-state index in [1.807, 2.05) is 18.4 Å². The zero-order valence-electron chi connectivity index (χ0n) is 15.1. The number of likely N-dealkylation sites (tertiary alicyclic amines) is 1. The van der Waals surface area contributed by atoms with E-state index in [-0.39, 0.29) is 31.2 Å². The third-order valence-corrected chi connectivity index (χ3v) is 5.32. The molecule has 0 radical (unpaired) electrons. The number of carbonyl (C=O) groups excluding carboxylic acids is 3. The number of hydrogen-bond acceptors (Lipinski definition) is 5. The van der Waals surface area contributed by atoms with Crippen molar-refractivity contribution in [1.82, 2.24) is 9.47 Å². The minimum atomic E-state index is -0.499. The number of imide groups is 1. The Kier molecular flexibility index (Phi) is 5.33. The van der Waals surface area contributed by atoms with Gasteiger partial charge in [-0.1, -0.05) is 17.4 Å². The Morgan fingerprint density at radius 1 is 1.23 bits per heavy atom. The van der Waals surface area contributed by atoms with Gasteiger partial charge in [0.2, 0.25) is 11.8 Å². The number of fused-ring (bicyclic) bond motifs is 1. The lowest BCUT2D eigenvalue weighted by Crippen LogP contribution is -2.34. The van der Waals surface area contributed by atoms with E-state index >= 15 is 0 Å². The van der Waals surface area contributed by atoms with Crippen LogP contribution in [0.3, 0.4) is 0 Å². The summed E-state index contributed by atoms with van der Waals surface area (Å²) in [6.07, 6.45) is 0.336. The van der Waals surface area contributed by atoms with Gasteiger partial charge in [0.1, 0.15) is 6.54 Å². The van der Waals surface area contributed by atoms with Gasteiger partial charge in [-0.25, -0.2) is 0 Å². The van der Waals surface area contributed by atoms with E-state index in [9.17, 15) is 14.4 Å². The van der Waals surface area contributed by atoms with Gasteiger partial charge in [0.05, 0.1) is 16.8 Å². The number of amides is 3. The first-order valence-corrected chi connectivity index (χ1v) is 9.22. The fourth-order valence-electron chi connectivity index (χ4n) is 3.14. The molecule has 1 fully saturated rings. The predicted molar refractivity (Wildman–Crippen MR) is 97.7 cm³/mol. The average Bonchev–Trinajstić information content (AvgIpc) is 3.07. The van der Waals surface area contributed by atoms with Gasteiger partial charge in [-0.3, -0.25) is 19.3 Å². The summed E-state index contributed by atoms with van der Waals surface area (Å²) in [5, 5.41) is 0. The highest BCUT2D eigenvalue weighted by Crippen LogP contribution is 2.23. The quantitative estimate of drug-likeness (QED) is 0.743. The Bertz CT molecular complexity index is 941. The van der Waals surface area contributed by atoms with Crippen molar-refractivity contribution in [3.05, 3.63) is 28.1 Å². The summed E-state index contributed by atoms with van der Waals surface area (Å²) in [5.74, 6) is -1.12. The number of aromatic nitrogens is 1. The number of hydrogen-bond donors (Lipinski definition) is 0. The first kappa shape index (κ1) is 18.5. The van der Waals surface area contributed by atoms with E-state index in [0.717, 1.165) is 26.2 Å². The van der Waals surface area contributed by atoms with Crippen LogP contribution in [-0.2, 0) is 25.7 Å². The van der Waals surface area contributed by atoms with Crippen molar-refractivity contribution in [2.24, 2.45) is 4.99 Å². The molecule has 1 aromatic carbocycles. The number of benzene rings is 1. The lowest BCUT2D eigenvalue weighted by Gasteiger charge is -2.10. The maximum absolute atomic E-state index is 12.4. The molecule has 2 aromatic rings. The lowest BCUT2D eigenvalue weighted by atomic mass is 10.1. The lowest BCUT2D eigenvalue weighted by molar-refractivity contribution is -0.141. The third kappa shape index (κ3) is 3.61. The standard InChI is InChI=1S/C18H21N3O4S/c1-11-8-12(2)17-13(9-11)26-18(20(17)6-7-25-3)19-14(22)10-21-15(23)4-5-16(21)24/h8-9H,4-7,10H2,1-3H3. The molecule has 2 heterocycles. The largest absolute Gasteiger partial charge is 0.383 e. The molecule has 1 aromatic heterocycles. The molecular weight excluding hydrogens is 354 g/mol. The number of carbonyl (C=O) groups is 3. The number of aryl methyl sites for hydroxylation is 2. The summed E-state index contributed by atoms with van der Waals surface area (Å²) in [6.45, 7) is 4.81. The number of nitrogens with zero attached hydrogens (tertiary/aromatic N) is 3. The van der Waals surface area contributed by atoms with Gasteiger partial charge >= 0.3 is 0 Å². The molecule has 0 N–H and O–H groups in total. The SMILES string of the molecule is COCCn1c(=NC(=O)CN2C(=O)CCC2=O)sc2cc(C)cc(C)c21. The number of rotatable bonds is 5. The van der Waals surface area contributed by atoms with Gasteiger partial charge in [0, 0.05) is 26.5 Å². The molecule has 0 unspecified atom stereocenters. The van der Waals surface area contributed by atoms with E-state index in [2.05, 4.69) is 17.1 Å². The zero-order valence-corrected chi connectivity index (χ0v) is 15.9. The minimum Gasteiger partial charge on any atom is -0.383 e. The molecule has 1 aliphatic rings. The summed E-state index contributed by atoms with van der Waals surface area (Å²) < 4.78 is 8.19. The zero-order chi connectivity index (χ0) is 18.8. The van der Waals surface area contributed by atoms with Crippen molar-refractivity contribution in [3.8, 4) is 0 Å². The van der Waals surface area contributed by atoms with E-state index in [0.29, 0.717) is 18.0 Å². The molecule has 1 saturated heterocycles. The molecule has 7 nitrogen and oxygen atoms in total. The van der Waals surface area contributed by atoms with Gasteiger partial charge < -0.3 is 9.30 Å². The number of ether oxygens (including phenoxy) is 1. The second kappa shape index (κ2) is 7.51. The molecule has 3 amide bonds. The second-order valence-electron chi connectivity index (χ2n) is 6.34. The van der Waals surface area contributed by atoms with Crippen LogP contribution in [0.2, 0.25) is 0 Å². The molecule has 0 atom stereocenters. The third-order valence-electron chi connectivity index (χ3n) is 4.30. The molecular formula is C18H21N3O4S. The highest BCUT2D eigenvalue weighted by Gasteiger charge is 2.30. The van der Waals surface area contributed by atoms with Crippen molar-refractivity contribution >= 4 is 39.3 Å². The van der Waals surface area contributed by atoms with Crippen molar-refractivity contribution in [2.45, 2.75) is 33.2 Å². The van der Waals surface area contributed by atoms with E-state index < -0.39 is 5.91 Å². The van der Waals surface area contributed by atoms with Crippen LogP contribution in [-0.4, -0.2) is 47.4 Å². The highest BCUT2D eigenvalue weighted by molar-refractivity contribution is 7.16. The topological polar surface area (TPSA) is 81.0 Å². The van der Waals surface area contributed by atoms with Crippen molar-refractivity contribution in [3.63, 3.8) is 0 Å². The van der Waals surface area contributed by atoms with Crippen LogP contribution < -0.4 is 4.80 Å². The van der Waals surface area contributed by atoms with Gasteiger partial charge in [-0.15, -0.1) is 0 Å². The van der Waals surface area contributed by atoms with Crippen LogP contribution >= 0.6 is 11.3 Å². The molecule has 3 rings (SSSR count). The van der Waals surface area contributed by atoms with Crippen LogP contribution in [0.15, 0.2) is 17.1 Å². The van der Waals surface area contributed by atoms with Crippen molar-refractivity contribution in [2.75, 3.05) is 20.3 Å². The van der Waals surface area contributed by atoms with Crippen LogP contribution in [0, 0.1) is 13.8 Å². The van der Waals surface area contributed by atoms with Crippen LogP contribution in [0.25, 0.3) is 10.2 Å². The van der Waals surface area contributed by atoms with Gasteiger partial charge in [0.25, 0.3) is 5.91 Å². The molecule has 138 valence electrons. The molecule has 0 aliphatic carbocycles. The molecule has 26 heavy (non-hydrogen) atoms. The highest BCUT2D eigenvalue weighted by atomic mass is 32.1. The summed E-state index contributed by atoms with van der Waals surface area (Å²) in [7, 11) is 1.62. The van der Waals surface area contributed by atoms with E-state index in [1.165, 1.54) is 11.3 Å². The van der Waals surface area contributed by atoms with Crippen molar-refractivity contribution in [1.29, 1.82) is 0 Å². The fourth-order valence-corrected chi connectivity index (χ4v) is 4.39. The first-order valence-electron chi connectivity index (χ1n) is 8.41. The van der Waals surface area contributed by atoms with Crippen LogP contribution in [0.4, 0.5) is 0 Å². The van der Waals surface area contributed by atoms with Crippen molar-refractivity contribution < 1.29 is 19.1 Å². The Morgan fingerprint density at radius 2 is 1.92 bits per heavy atom. The number of methoxy groups -OCH3 is 1. The van der Waals surface area contributed by atoms with Gasteiger partial charge in [0.15, 0.2) is 4.80 Å². The summed E-state index contributed by atoms with van der Waals surface area (Å²) in [5.41, 5.74) is 3.27. The maximum atomic E-state index is 12.4. The molecule has 0 spiro atoms. The normalized spacial score (nSPS) is 15.5. The Labute approximate surface area is 154 Å². The number of thiazole rings is 1. The van der Waals surface area contributed by atoms with Gasteiger partial charge in [-0.2, -0.15) is 4.99 Å². The summed E-state index contributed by atoms with van der Waals surface area (Å²) in [4.78, 5) is 41.5. The summed E-state index contributed by atoms with van der Waals surface area (Å²) in [6, 6.07) is 4.15. The monoisotopic (exact) mass is 375 g/mol. The smallest absolute Gasteiger partial charge is 0.268 e. The summed E-state index contributed by atoms with van der Waals surface area (Å²) >= 11 is 1.42. The molecule has 0 saturated carbocycles. The van der Waals surface area contributed by atoms with E-state index in [1.54, 1.807) is 7.11 Å². The molecule has 1 aliphatic heterocycles. The second-order valence-corrected chi connectivity index (χ2v) is 7.35. The fraction of sp³-hybridized carbons (Fsp3) is 0.444. The Hall–Kier alpha value is -2.32. The average molecular weight is 375 g/mol. The maximum Gasteiger partial charge on any atom is 0.268 e. The minimum absolute atomic E-state index is 0.168. The first-order chi connectivity index (χ1) is 12.4. The molecule has 8 heteroatoms. The van der Waals surface area contributed by atoms with Crippen LogP contribution in [0.1, 0.15) is 24.0 Å². The Morgan fingerprint density at radius 3 is 2.58 bits per heavy atom. The van der Waals surface area contributed by atoms with Crippen LogP contribution in [0.5, 0.6) is 0 Å². The Balaban J connectivity index is 2.01.